The number of amides is 1. The number of ketones is 1. The second kappa shape index (κ2) is 9.32. The van der Waals surface area contributed by atoms with Gasteiger partial charge in [-0.2, -0.15) is 0 Å². The van der Waals surface area contributed by atoms with Crippen molar-refractivity contribution in [3.8, 4) is 0 Å². The number of hydrogen-bond donors (Lipinski definition) is 4. The van der Waals surface area contributed by atoms with Crippen LogP contribution in [-0.4, -0.2) is 63.5 Å². The summed E-state index contributed by atoms with van der Waals surface area (Å²) >= 11 is 0. The van der Waals surface area contributed by atoms with Gasteiger partial charge in [-0.15, -0.1) is 0 Å². The molecule has 194 valence electrons. The Balaban J connectivity index is 1.43. The van der Waals surface area contributed by atoms with Gasteiger partial charge in [-0.25, -0.2) is 4.79 Å². The summed E-state index contributed by atoms with van der Waals surface area (Å²) < 4.78 is 0. The van der Waals surface area contributed by atoms with Crippen LogP contribution in [0.15, 0.2) is 16.8 Å². The lowest BCUT2D eigenvalue weighted by molar-refractivity contribution is -0.159. The van der Waals surface area contributed by atoms with Crippen LogP contribution < -0.4 is 5.32 Å². The van der Waals surface area contributed by atoms with Crippen LogP contribution in [0.1, 0.15) is 72.1 Å². The number of aliphatic carboxylic acids is 1. The highest BCUT2D eigenvalue weighted by molar-refractivity contribution is 5.96. The minimum absolute atomic E-state index is 0.0490. The van der Waals surface area contributed by atoms with E-state index in [-0.39, 0.29) is 16.6 Å². The maximum absolute atomic E-state index is 12.4. The summed E-state index contributed by atoms with van der Waals surface area (Å²) in [7, 11) is 0. The van der Waals surface area contributed by atoms with Crippen molar-refractivity contribution in [1.82, 2.24) is 5.32 Å². The Morgan fingerprint density at radius 2 is 1.86 bits per heavy atom. The Hall–Kier alpha value is -2.26. The van der Waals surface area contributed by atoms with Crippen LogP contribution in [0, 0.1) is 28.6 Å². The summed E-state index contributed by atoms with van der Waals surface area (Å²) in [5.41, 5.74) is 0.632. The molecule has 3 saturated carbocycles. The Morgan fingerprint density at radius 3 is 2.51 bits per heavy atom. The van der Waals surface area contributed by atoms with Gasteiger partial charge in [0, 0.05) is 5.41 Å². The predicted octanol–water partition coefficient (Wildman–Crippen LogP) is 2.20. The molecule has 0 bridgehead atoms. The Labute approximate surface area is 206 Å². The van der Waals surface area contributed by atoms with Gasteiger partial charge in [-0.3, -0.25) is 9.59 Å². The smallest absolute Gasteiger partial charge is 0.328 e. The highest BCUT2D eigenvalue weighted by Gasteiger charge is 2.65. The van der Waals surface area contributed by atoms with E-state index in [1.54, 1.807) is 0 Å². The van der Waals surface area contributed by atoms with Gasteiger partial charge in [0.2, 0.25) is 0 Å². The molecule has 4 rings (SSSR count). The number of nitrogens with zero attached hydrogens (tertiary/aromatic N) is 1. The van der Waals surface area contributed by atoms with Crippen molar-refractivity contribution < 1.29 is 34.5 Å². The standard InChI is InChI=1S/C26H38N2O7/c1-15(30)26(34)11-8-20-18-5-4-16-12-17(28-35-14-22(31)27-21(13-29)23(32)33)6-9-24(16,2)19(18)7-10-25(20,26)3/h12,18-21,29,34H,4-11,13-14H2,1-3H3,(H,27,31)(H,32,33)/b28-17+/t18?,19?,20?,21?,24-,25-,26-/m0/s1. The third-order valence-corrected chi connectivity index (χ3v) is 9.90. The fourth-order valence-corrected chi connectivity index (χ4v) is 7.83. The molecule has 35 heavy (non-hydrogen) atoms. The average Bonchev–Trinajstić information content (AvgIpc) is 3.09. The molecule has 0 spiro atoms. The summed E-state index contributed by atoms with van der Waals surface area (Å²) in [4.78, 5) is 40.4. The van der Waals surface area contributed by atoms with Crippen LogP contribution in [0.2, 0.25) is 0 Å². The van der Waals surface area contributed by atoms with Crippen LogP contribution in [0.25, 0.3) is 0 Å². The molecular weight excluding hydrogens is 452 g/mol. The molecule has 3 fully saturated rings. The number of aliphatic hydroxyl groups excluding tert-OH is 1. The lowest BCUT2D eigenvalue weighted by atomic mass is 9.46. The van der Waals surface area contributed by atoms with Crippen molar-refractivity contribution in [2.75, 3.05) is 13.2 Å². The summed E-state index contributed by atoms with van der Waals surface area (Å²) in [6, 6.07) is -1.37. The second-order valence-corrected chi connectivity index (χ2v) is 11.4. The quantitative estimate of drug-likeness (QED) is 0.400. The molecule has 0 saturated heterocycles. The fourth-order valence-electron chi connectivity index (χ4n) is 7.83. The normalized spacial score (nSPS) is 40.1. The number of nitrogens with one attached hydrogen (secondary N) is 1. The monoisotopic (exact) mass is 490 g/mol. The van der Waals surface area contributed by atoms with Crippen LogP contribution in [0.5, 0.6) is 0 Å². The first-order valence-electron chi connectivity index (χ1n) is 12.7. The summed E-state index contributed by atoms with van der Waals surface area (Å²) in [5, 5.41) is 35.5. The molecule has 4 aliphatic rings. The van der Waals surface area contributed by atoms with Gasteiger partial charge in [0.25, 0.3) is 5.91 Å². The Morgan fingerprint density at radius 1 is 1.14 bits per heavy atom. The van der Waals surface area contributed by atoms with E-state index < -0.39 is 36.7 Å². The molecule has 0 aromatic carbocycles. The van der Waals surface area contributed by atoms with Crippen LogP contribution >= 0.6 is 0 Å². The van der Waals surface area contributed by atoms with Crippen molar-refractivity contribution in [3.05, 3.63) is 11.6 Å². The van der Waals surface area contributed by atoms with Gasteiger partial charge in [0.05, 0.1) is 12.3 Å². The van der Waals surface area contributed by atoms with E-state index in [1.807, 2.05) is 0 Å². The van der Waals surface area contributed by atoms with E-state index in [9.17, 15) is 19.5 Å². The van der Waals surface area contributed by atoms with E-state index >= 15 is 0 Å². The molecule has 0 aliphatic heterocycles. The minimum Gasteiger partial charge on any atom is -0.480 e. The van der Waals surface area contributed by atoms with Gasteiger partial charge in [-0.1, -0.05) is 24.6 Å². The number of allylic oxidation sites excluding steroid dienone is 2. The predicted molar refractivity (Wildman–Crippen MR) is 127 cm³/mol. The SMILES string of the molecule is CC(=O)[C@@]1(O)CCC2C3CCC4=C/C(=N/OCC(=O)NC(CO)C(=O)O)CC[C@]4(C)C3CC[C@@]21C. The molecule has 7 atom stereocenters. The van der Waals surface area contributed by atoms with Gasteiger partial charge >= 0.3 is 5.97 Å². The van der Waals surface area contributed by atoms with Crippen molar-refractivity contribution in [2.24, 2.45) is 33.7 Å². The topological polar surface area (TPSA) is 146 Å². The molecule has 4 aliphatic carbocycles. The van der Waals surface area contributed by atoms with E-state index in [1.165, 1.54) is 12.5 Å². The third-order valence-electron chi connectivity index (χ3n) is 9.90. The molecule has 0 heterocycles. The number of carbonyl (C=O) groups is 3. The maximum Gasteiger partial charge on any atom is 0.328 e. The molecule has 1 amide bonds. The molecular formula is C26H38N2O7. The zero-order valence-electron chi connectivity index (χ0n) is 20.9. The summed E-state index contributed by atoms with van der Waals surface area (Å²) in [5.74, 6) is -0.696. The fraction of sp³-hybridized carbons (Fsp3) is 0.769. The number of Topliss-reactive ketones (excluding diaryl/α,β-unsaturated/α-hetero) is 1. The van der Waals surface area contributed by atoms with E-state index in [4.69, 9.17) is 15.1 Å². The van der Waals surface area contributed by atoms with Gasteiger partial charge in [-0.05, 0) is 87.5 Å². The number of hydrogen-bond acceptors (Lipinski definition) is 7. The Bertz CT molecular complexity index is 961. The largest absolute Gasteiger partial charge is 0.480 e. The first kappa shape index (κ1) is 25.8. The van der Waals surface area contributed by atoms with Crippen LogP contribution in [0.3, 0.4) is 0 Å². The number of carbonyl (C=O) groups excluding carboxylic acids is 2. The van der Waals surface area contributed by atoms with E-state index in [0.717, 1.165) is 50.7 Å². The zero-order valence-corrected chi connectivity index (χ0v) is 20.9. The second-order valence-electron chi connectivity index (χ2n) is 11.4. The molecule has 0 aromatic rings. The third kappa shape index (κ3) is 4.20. The van der Waals surface area contributed by atoms with Crippen LogP contribution in [0.4, 0.5) is 0 Å². The highest BCUT2D eigenvalue weighted by Crippen LogP contribution is 2.67. The molecule has 9 nitrogen and oxygen atoms in total. The zero-order chi connectivity index (χ0) is 25.6. The molecule has 0 aromatic heterocycles. The first-order valence-corrected chi connectivity index (χ1v) is 12.7. The van der Waals surface area contributed by atoms with Crippen molar-refractivity contribution >= 4 is 23.4 Å². The Kier molecular flexibility index (Phi) is 6.87. The highest BCUT2D eigenvalue weighted by atomic mass is 16.6. The minimum atomic E-state index is -1.37. The van der Waals surface area contributed by atoms with E-state index in [0.29, 0.717) is 24.2 Å². The number of fused-ring (bicyclic) bond motifs is 5. The molecule has 4 unspecified atom stereocenters. The van der Waals surface area contributed by atoms with Crippen molar-refractivity contribution in [2.45, 2.75) is 83.8 Å². The van der Waals surface area contributed by atoms with Gasteiger partial charge in [0.1, 0.15) is 11.6 Å². The summed E-state index contributed by atoms with van der Waals surface area (Å²) in [6.07, 6.45) is 9.07. The van der Waals surface area contributed by atoms with Gasteiger partial charge < -0.3 is 25.5 Å². The first-order chi connectivity index (χ1) is 16.5. The number of aliphatic hydroxyl groups is 2. The number of carboxylic acids is 1. The molecule has 9 heteroatoms. The average molecular weight is 491 g/mol. The summed E-state index contributed by atoms with van der Waals surface area (Å²) in [6.45, 7) is 4.90. The number of rotatable bonds is 7. The van der Waals surface area contributed by atoms with Gasteiger partial charge in [0.15, 0.2) is 12.4 Å². The van der Waals surface area contributed by atoms with Crippen LogP contribution in [-0.2, 0) is 19.2 Å². The van der Waals surface area contributed by atoms with Crippen molar-refractivity contribution in [3.63, 3.8) is 0 Å². The van der Waals surface area contributed by atoms with Crippen molar-refractivity contribution in [1.29, 1.82) is 0 Å². The van der Waals surface area contributed by atoms with E-state index in [2.05, 4.69) is 30.4 Å². The lowest BCUT2D eigenvalue weighted by Gasteiger charge is -2.59. The molecule has 4 N–H and O–H groups in total. The number of oxime groups is 1. The maximum atomic E-state index is 12.4. The number of carboxylic acid groups (broad SMARTS) is 1. The lowest BCUT2D eigenvalue weighted by Crippen LogP contribution is -2.57. The molecule has 0 radical (unpaired) electrons.